The quantitative estimate of drug-likeness (QED) is 0.840. The minimum absolute atomic E-state index is 0.0654. The Bertz CT molecular complexity index is 715. The van der Waals surface area contributed by atoms with Crippen molar-refractivity contribution in [2.75, 3.05) is 26.2 Å². The largest absolute Gasteiger partial charge is 0.340 e. The highest BCUT2D eigenvalue weighted by Crippen LogP contribution is 2.22. The molecule has 0 saturated carbocycles. The number of piperazine rings is 1. The lowest BCUT2D eigenvalue weighted by molar-refractivity contribution is -0.131. The van der Waals surface area contributed by atoms with E-state index in [4.69, 9.17) is 0 Å². The third-order valence-electron chi connectivity index (χ3n) is 3.59. The number of carbonyl (C=O) groups excluding carboxylic acids is 1. The zero-order chi connectivity index (χ0) is 15.6. The second kappa shape index (κ2) is 6.49. The third-order valence-corrected chi connectivity index (χ3v) is 7.73. The minimum atomic E-state index is -3.40. The molecule has 0 atom stereocenters. The SMILES string of the molecule is O=C(Cc1cccs1)N1CCN(S(=O)(=O)c2cccs2)CC1. The van der Waals surface area contributed by atoms with Gasteiger partial charge in [0, 0.05) is 31.1 Å². The molecule has 1 fully saturated rings. The monoisotopic (exact) mass is 356 g/mol. The van der Waals surface area contributed by atoms with E-state index in [9.17, 15) is 13.2 Å². The van der Waals surface area contributed by atoms with E-state index in [0.717, 1.165) is 4.88 Å². The summed E-state index contributed by atoms with van der Waals surface area (Å²) < 4.78 is 26.7. The average Bonchev–Trinajstić information content (AvgIpc) is 3.21. The Balaban J connectivity index is 1.60. The standard InChI is InChI=1S/C14H16N2O3S3/c17-13(11-12-3-1-9-20-12)15-5-7-16(8-6-15)22(18,19)14-4-2-10-21-14/h1-4,9-10H,5-8,11H2. The van der Waals surface area contributed by atoms with E-state index >= 15 is 0 Å². The number of nitrogens with zero attached hydrogens (tertiary/aromatic N) is 2. The first-order valence-corrected chi connectivity index (χ1v) is 10.1. The van der Waals surface area contributed by atoms with Crippen LogP contribution >= 0.6 is 22.7 Å². The van der Waals surface area contributed by atoms with E-state index in [0.29, 0.717) is 36.8 Å². The fourth-order valence-corrected chi connectivity index (χ4v) is 5.65. The average molecular weight is 356 g/mol. The van der Waals surface area contributed by atoms with Crippen molar-refractivity contribution in [1.82, 2.24) is 9.21 Å². The van der Waals surface area contributed by atoms with Gasteiger partial charge in [0.15, 0.2) is 0 Å². The molecule has 3 heterocycles. The summed E-state index contributed by atoms with van der Waals surface area (Å²) in [7, 11) is -3.40. The Morgan fingerprint density at radius 3 is 2.32 bits per heavy atom. The van der Waals surface area contributed by atoms with E-state index < -0.39 is 10.0 Å². The molecule has 22 heavy (non-hydrogen) atoms. The van der Waals surface area contributed by atoms with Crippen LogP contribution in [0.1, 0.15) is 4.88 Å². The van der Waals surface area contributed by atoms with Gasteiger partial charge in [-0.05, 0) is 22.9 Å². The van der Waals surface area contributed by atoms with Gasteiger partial charge in [-0.15, -0.1) is 22.7 Å². The van der Waals surface area contributed by atoms with Gasteiger partial charge in [-0.25, -0.2) is 8.42 Å². The van der Waals surface area contributed by atoms with Gasteiger partial charge in [-0.3, -0.25) is 4.79 Å². The molecule has 1 amide bonds. The summed E-state index contributed by atoms with van der Waals surface area (Å²) >= 11 is 2.79. The van der Waals surface area contributed by atoms with Crippen LogP contribution in [0.15, 0.2) is 39.2 Å². The Labute approximate surface area is 137 Å². The van der Waals surface area contributed by atoms with E-state index in [-0.39, 0.29) is 5.91 Å². The van der Waals surface area contributed by atoms with Crippen molar-refractivity contribution >= 4 is 38.6 Å². The molecule has 0 bridgehead atoms. The molecule has 0 N–H and O–H groups in total. The molecule has 5 nitrogen and oxygen atoms in total. The highest BCUT2D eigenvalue weighted by atomic mass is 32.2. The van der Waals surface area contributed by atoms with Crippen LogP contribution in [0.25, 0.3) is 0 Å². The Morgan fingerprint density at radius 1 is 1.05 bits per heavy atom. The number of hydrogen-bond donors (Lipinski definition) is 0. The van der Waals surface area contributed by atoms with Crippen molar-refractivity contribution in [1.29, 1.82) is 0 Å². The van der Waals surface area contributed by atoms with Gasteiger partial charge in [0.2, 0.25) is 5.91 Å². The van der Waals surface area contributed by atoms with Crippen molar-refractivity contribution in [3.8, 4) is 0 Å². The van der Waals surface area contributed by atoms with Crippen molar-refractivity contribution in [2.45, 2.75) is 10.6 Å². The van der Waals surface area contributed by atoms with Crippen LogP contribution in [-0.4, -0.2) is 49.7 Å². The van der Waals surface area contributed by atoms with Gasteiger partial charge in [-0.2, -0.15) is 4.31 Å². The molecule has 118 valence electrons. The fourth-order valence-electron chi connectivity index (χ4n) is 2.39. The van der Waals surface area contributed by atoms with E-state index in [1.54, 1.807) is 33.7 Å². The first kappa shape index (κ1) is 15.7. The number of hydrogen-bond acceptors (Lipinski definition) is 5. The number of thiophene rings is 2. The number of amides is 1. The highest BCUT2D eigenvalue weighted by molar-refractivity contribution is 7.91. The summed E-state index contributed by atoms with van der Waals surface area (Å²) in [5, 5.41) is 3.71. The van der Waals surface area contributed by atoms with Gasteiger partial charge >= 0.3 is 0 Å². The summed E-state index contributed by atoms with van der Waals surface area (Å²) in [6.07, 6.45) is 0.398. The molecule has 0 spiro atoms. The van der Waals surface area contributed by atoms with Crippen LogP contribution in [-0.2, 0) is 21.2 Å². The molecule has 0 radical (unpaired) electrons. The van der Waals surface area contributed by atoms with Crippen molar-refractivity contribution in [3.05, 3.63) is 39.9 Å². The molecule has 3 rings (SSSR count). The van der Waals surface area contributed by atoms with Crippen LogP contribution in [0.4, 0.5) is 0 Å². The van der Waals surface area contributed by atoms with Crippen LogP contribution in [0.5, 0.6) is 0 Å². The number of carbonyl (C=O) groups is 1. The third kappa shape index (κ3) is 3.24. The normalized spacial score (nSPS) is 16.8. The highest BCUT2D eigenvalue weighted by Gasteiger charge is 2.30. The van der Waals surface area contributed by atoms with Gasteiger partial charge in [0.25, 0.3) is 10.0 Å². The summed E-state index contributed by atoms with van der Waals surface area (Å²) in [6.45, 7) is 1.62. The summed E-state index contributed by atoms with van der Waals surface area (Å²) in [4.78, 5) is 15.0. The maximum atomic E-state index is 12.4. The number of sulfonamides is 1. The second-order valence-electron chi connectivity index (χ2n) is 4.97. The zero-order valence-electron chi connectivity index (χ0n) is 11.8. The summed E-state index contributed by atoms with van der Waals surface area (Å²) in [5.74, 6) is 0.0654. The van der Waals surface area contributed by atoms with Gasteiger partial charge in [-0.1, -0.05) is 12.1 Å². The van der Waals surface area contributed by atoms with E-state index in [1.165, 1.54) is 15.6 Å². The molecular weight excluding hydrogens is 340 g/mol. The predicted octanol–water partition coefficient (Wildman–Crippen LogP) is 1.89. The summed E-state index contributed by atoms with van der Waals surface area (Å²) in [6, 6.07) is 7.23. The fraction of sp³-hybridized carbons (Fsp3) is 0.357. The lowest BCUT2D eigenvalue weighted by atomic mass is 10.3. The van der Waals surface area contributed by atoms with Crippen LogP contribution in [0.2, 0.25) is 0 Å². The topological polar surface area (TPSA) is 57.7 Å². The molecule has 1 saturated heterocycles. The smallest absolute Gasteiger partial charge is 0.252 e. The Hall–Kier alpha value is -1.22. The van der Waals surface area contributed by atoms with Crippen molar-refractivity contribution in [3.63, 3.8) is 0 Å². The first-order valence-electron chi connectivity index (χ1n) is 6.91. The molecule has 0 unspecified atom stereocenters. The molecule has 1 aliphatic rings. The number of rotatable bonds is 4. The molecule has 2 aromatic heterocycles. The zero-order valence-corrected chi connectivity index (χ0v) is 14.3. The van der Waals surface area contributed by atoms with Crippen molar-refractivity contribution in [2.24, 2.45) is 0 Å². The molecule has 8 heteroatoms. The molecule has 0 aliphatic carbocycles. The van der Waals surface area contributed by atoms with Crippen LogP contribution < -0.4 is 0 Å². The molecule has 2 aromatic rings. The summed E-state index contributed by atoms with van der Waals surface area (Å²) in [5.41, 5.74) is 0. The van der Waals surface area contributed by atoms with E-state index in [2.05, 4.69) is 0 Å². The maximum Gasteiger partial charge on any atom is 0.252 e. The van der Waals surface area contributed by atoms with Crippen molar-refractivity contribution < 1.29 is 13.2 Å². The minimum Gasteiger partial charge on any atom is -0.340 e. The first-order chi connectivity index (χ1) is 10.6. The Kier molecular flexibility index (Phi) is 4.62. The van der Waals surface area contributed by atoms with Gasteiger partial charge < -0.3 is 4.90 Å². The van der Waals surface area contributed by atoms with Crippen LogP contribution in [0, 0.1) is 0 Å². The maximum absolute atomic E-state index is 12.4. The Morgan fingerprint density at radius 2 is 1.73 bits per heavy atom. The lowest BCUT2D eigenvalue weighted by Gasteiger charge is -2.33. The molecule has 1 aliphatic heterocycles. The van der Waals surface area contributed by atoms with Gasteiger partial charge in [0.1, 0.15) is 4.21 Å². The second-order valence-corrected chi connectivity index (χ2v) is 9.12. The lowest BCUT2D eigenvalue weighted by Crippen LogP contribution is -2.50. The van der Waals surface area contributed by atoms with Gasteiger partial charge in [0.05, 0.1) is 6.42 Å². The van der Waals surface area contributed by atoms with Crippen LogP contribution in [0.3, 0.4) is 0 Å². The molecular formula is C14H16N2O3S3. The molecule has 0 aromatic carbocycles. The predicted molar refractivity (Wildman–Crippen MR) is 87.7 cm³/mol. The van der Waals surface area contributed by atoms with E-state index in [1.807, 2.05) is 17.5 Å².